The molecule has 0 radical (unpaired) electrons. The van der Waals surface area contributed by atoms with Crippen LogP contribution in [0, 0.1) is 0 Å². The van der Waals surface area contributed by atoms with Crippen molar-refractivity contribution in [2.45, 2.75) is 26.2 Å². The molecule has 0 aliphatic heterocycles. The van der Waals surface area contributed by atoms with Crippen LogP contribution in [0.3, 0.4) is 0 Å². The highest BCUT2D eigenvalue weighted by atomic mass is 16.5. The normalized spacial score (nSPS) is 9.95. The maximum absolute atomic E-state index is 12.0. The average molecular weight is 309 g/mol. The van der Waals surface area contributed by atoms with Crippen LogP contribution in [0.15, 0.2) is 18.2 Å². The summed E-state index contributed by atoms with van der Waals surface area (Å²) >= 11 is 0. The molecule has 1 rings (SSSR count). The molecule has 1 aromatic rings. The van der Waals surface area contributed by atoms with E-state index in [0.29, 0.717) is 18.0 Å². The first-order chi connectivity index (χ1) is 10.6. The molecule has 6 heteroatoms. The van der Waals surface area contributed by atoms with Crippen molar-refractivity contribution in [2.75, 3.05) is 27.4 Å². The largest absolute Gasteiger partial charge is 0.497 e. The van der Waals surface area contributed by atoms with Crippen molar-refractivity contribution in [1.29, 1.82) is 0 Å². The molecule has 0 saturated carbocycles. The summed E-state index contributed by atoms with van der Waals surface area (Å²) < 4.78 is 15.2. The summed E-state index contributed by atoms with van der Waals surface area (Å²) in [4.78, 5) is 23.5. The first-order valence-corrected chi connectivity index (χ1v) is 7.28. The smallest absolute Gasteiger partial charge is 0.342 e. The van der Waals surface area contributed by atoms with Crippen LogP contribution in [-0.4, -0.2) is 39.2 Å². The van der Waals surface area contributed by atoms with E-state index in [1.54, 1.807) is 18.2 Å². The number of carbonyl (C=O) groups is 2. The van der Waals surface area contributed by atoms with Gasteiger partial charge in [-0.05, 0) is 18.6 Å². The van der Waals surface area contributed by atoms with Crippen molar-refractivity contribution in [3.63, 3.8) is 0 Å². The van der Waals surface area contributed by atoms with Crippen LogP contribution in [0.4, 0.5) is 0 Å². The van der Waals surface area contributed by atoms with Crippen LogP contribution >= 0.6 is 0 Å². The second-order valence-corrected chi connectivity index (χ2v) is 4.70. The Morgan fingerprint density at radius 1 is 1.14 bits per heavy atom. The molecule has 0 heterocycles. The summed E-state index contributed by atoms with van der Waals surface area (Å²) in [6, 6.07) is 4.75. The monoisotopic (exact) mass is 309 g/mol. The number of unbranched alkanes of at least 4 members (excludes halogenated alkanes) is 2. The zero-order valence-electron chi connectivity index (χ0n) is 13.3. The van der Waals surface area contributed by atoms with Crippen LogP contribution in [0.1, 0.15) is 36.5 Å². The molecule has 0 fully saturated rings. The lowest BCUT2D eigenvalue weighted by Crippen LogP contribution is -2.29. The lowest BCUT2D eigenvalue weighted by molar-refractivity contribution is -0.124. The number of rotatable bonds is 9. The number of hydrogen-bond acceptors (Lipinski definition) is 5. The topological polar surface area (TPSA) is 73.9 Å². The Morgan fingerprint density at radius 2 is 1.91 bits per heavy atom. The SMILES string of the molecule is CCCCCNC(=O)COC(=O)c1ccc(OC)cc1OC. The fourth-order valence-corrected chi connectivity index (χ4v) is 1.83. The number of hydrogen-bond donors (Lipinski definition) is 1. The van der Waals surface area contributed by atoms with Gasteiger partial charge in [0.2, 0.25) is 0 Å². The Bertz CT molecular complexity index is 501. The van der Waals surface area contributed by atoms with Gasteiger partial charge in [-0.1, -0.05) is 19.8 Å². The molecule has 0 saturated heterocycles. The summed E-state index contributed by atoms with van der Waals surface area (Å²) in [6.45, 7) is 2.38. The van der Waals surface area contributed by atoms with Crippen LogP contribution in [-0.2, 0) is 9.53 Å². The average Bonchev–Trinajstić information content (AvgIpc) is 2.55. The van der Waals surface area contributed by atoms with E-state index in [1.165, 1.54) is 14.2 Å². The molecular formula is C16H23NO5. The third-order valence-electron chi connectivity index (χ3n) is 3.07. The fraction of sp³-hybridized carbons (Fsp3) is 0.500. The van der Waals surface area contributed by atoms with Crippen LogP contribution in [0.5, 0.6) is 11.5 Å². The van der Waals surface area contributed by atoms with Gasteiger partial charge < -0.3 is 19.5 Å². The third-order valence-corrected chi connectivity index (χ3v) is 3.07. The quantitative estimate of drug-likeness (QED) is 0.559. The molecule has 0 spiro atoms. The number of carbonyl (C=O) groups excluding carboxylic acids is 2. The highest BCUT2D eigenvalue weighted by Crippen LogP contribution is 2.25. The van der Waals surface area contributed by atoms with Gasteiger partial charge in [0, 0.05) is 12.6 Å². The Hall–Kier alpha value is -2.24. The number of esters is 1. The van der Waals surface area contributed by atoms with E-state index in [2.05, 4.69) is 12.2 Å². The minimum absolute atomic E-state index is 0.252. The van der Waals surface area contributed by atoms with Crippen molar-refractivity contribution < 1.29 is 23.8 Å². The van der Waals surface area contributed by atoms with E-state index in [9.17, 15) is 9.59 Å². The Balaban J connectivity index is 2.50. The summed E-state index contributed by atoms with van der Waals surface area (Å²) in [6.07, 6.45) is 3.06. The van der Waals surface area contributed by atoms with Gasteiger partial charge in [-0.15, -0.1) is 0 Å². The number of nitrogens with one attached hydrogen (secondary N) is 1. The second-order valence-electron chi connectivity index (χ2n) is 4.70. The van der Waals surface area contributed by atoms with E-state index in [1.807, 2.05) is 0 Å². The van der Waals surface area contributed by atoms with E-state index >= 15 is 0 Å². The molecule has 0 aromatic heterocycles. The van der Waals surface area contributed by atoms with Crippen molar-refractivity contribution in [3.05, 3.63) is 23.8 Å². The van der Waals surface area contributed by atoms with Gasteiger partial charge >= 0.3 is 5.97 Å². The third kappa shape index (κ3) is 5.63. The van der Waals surface area contributed by atoms with Crippen molar-refractivity contribution in [3.8, 4) is 11.5 Å². The summed E-state index contributed by atoms with van der Waals surface area (Å²) in [5, 5.41) is 2.70. The predicted octanol–water partition coefficient (Wildman–Crippen LogP) is 2.17. The highest BCUT2D eigenvalue weighted by molar-refractivity contribution is 5.94. The lowest BCUT2D eigenvalue weighted by atomic mass is 10.2. The maximum Gasteiger partial charge on any atom is 0.342 e. The van der Waals surface area contributed by atoms with Gasteiger partial charge in [-0.25, -0.2) is 4.79 Å². The van der Waals surface area contributed by atoms with Crippen molar-refractivity contribution in [2.24, 2.45) is 0 Å². The molecule has 1 aromatic carbocycles. The fourth-order valence-electron chi connectivity index (χ4n) is 1.83. The Morgan fingerprint density at radius 3 is 2.55 bits per heavy atom. The standard InChI is InChI=1S/C16H23NO5/c1-4-5-6-9-17-15(18)11-22-16(19)13-8-7-12(20-2)10-14(13)21-3/h7-8,10H,4-6,9,11H2,1-3H3,(H,17,18). The molecule has 1 amide bonds. The molecular weight excluding hydrogens is 286 g/mol. The van der Waals surface area contributed by atoms with Crippen molar-refractivity contribution >= 4 is 11.9 Å². The lowest BCUT2D eigenvalue weighted by Gasteiger charge is -2.10. The number of amides is 1. The van der Waals surface area contributed by atoms with Crippen LogP contribution in [0.25, 0.3) is 0 Å². The first kappa shape index (κ1) is 17.8. The molecule has 22 heavy (non-hydrogen) atoms. The Kier molecular flexibility index (Phi) is 7.81. The summed E-state index contributed by atoms with van der Waals surface area (Å²) in [5.41, 5.74) is 0.252. The molecule has 1 N–H and O–H groups in total. The minimum Gasteiger partial charge on any atom is -0.497 e. The van der Waals surface area contributed by atoms with Crippen molar-refractivity contribution in [1.82, 2.24) is 5.32 Å². The van der Waals surface area contributed by atoms with Gasteiger partial charge in [0.25, 0.3) is 5.91 Å². The molecule has 0 aliphatic carbocycles. The van der Waals surface area contributed by atoms with Crippen LogP contribution < -0.4 is 14.8 Å². The molecule has 0 unspecified atom stereocenters. The zero-order valence-corrected chi connectivity index (χ0v) is 13.3. The van der Waals surface area contributed by atoms with E-state index in [-0.39, 0.29) is 18.1 Å². The highest BCUT2D eigenvalue weighted by Gasteiger charge is 2.16. The van der Waals surface area contributed by atoms with Crippen LogP contribution in [0.2, 0.25) is 0 Å². The first-order valence-electron chi connectivity index (χ1n) is 7.28. The zero-order chi connectivity index (χ0) is 16.4. The molecule has 122 valence electrons. The van der Waals surface area contributed by atoms with Gasteiger partial charge in [0.15, 0.2) is 6.61 Å². The second kappa shape index (κ2) is 9.65. The molecule has 0 bridgehead atoms. The predicted molar refractivity (Wildman–Crippen MR) is 82.4 cm³/mol. The van der Waals surface area contributed by atoms with Gasteiger partial charge in [0.1, 0.15) is 17.1 Å². The van der Waals surface area contributed by atoms with Gasteiger partial charge in [-0.3, -0.25) is 4.79 Å². The van der Waals surface area contributed by atoms with Gasteiger partial charge in [0.05, 0.1) is 14.2 Å². The number of benzene rings is 1. The number of ether oxygens (including phenoxy) is 3. The maximum atomic E-state index is 12.0. The summed E-state index contributed by atoms with van der Waals surface area (Å²) in [7, 11) is 2.97. The molecule has 0 atom stereocenters. The number of methoxy groups -OCH3 is 2. The summed E-state index contributed by atoms with van der Waals surface area (Å²) in [5.74, 6) is -0.00471. The molecule has 0 aliphatic rings. The van der Waals surface area contributed by atoms with Gasteiger partial charge in [-0.2, -0.15) is 0 Å². The van der Waals surface area contributed by atoms with E-state index in [0.717, 1.165) is 19.3 Å². The minimum atomic E-state index is -0.608. The molecule has 6 nitrogen and oxygen atoms in total. The van der Waals surface area contributed by atoms with E-state index < -0.39 is 5.97 Å². The Labute approximate surface area is 130 Å². The van der Waals surface area contributed by atoms with E-state index in [4.69, 9.17) is 14.2 Å².